The van der Waals surface area contributed by atoms with Gasteiger partial charge in [-0.25, -0.2) is 0 Å². The van der Waals surface area contributed by atoms with Crippen LogP contribution in [0.15, 0.2) is 40.2 Å². The highest BCUT2D eigenvalue weighted by molar-refractivity contribution is 7.13. The van der Waals surface area contributed by atoms with Crippen LogP contribution in [0.25, 0.3) is 10.6 Å². The van der Waals surface area contributed by atoms with Gasteiger partial charge in [-0.15, -0.1) is 11.3 Å². The monoisotopic (exact) mass is 414 g/mol. The predicted molar refractivity (Wildman–Crippen MR) is 109 cm³/mol. The number of amides is 1. The quantitative estimate of drug-likeness (QED) is 0.604. The van der Waals surface area contributed by atoms with Crippen molar-refractivity contribution in [3.63, 3.8) is 0 Å². The number of nitrogens with zero attached hydrogens (tertiary/aromatic N) is 1. The zero-order valence-corrected chi connectivity index (χ0v) is 17.3. The molecule has 1 aliphatic carbocycles. The number of hydrogen-bond donors (Lipinski definition) is 1. The molecule has 8 heteroatoms. The Kier molecular flexibility index (Phi) is 5.19. The number of carbonyl (C=O) groups is 1. The van der Waals surface area contributed by atoms with E-state index in [1.165, 1.54) is 0 Å². The van der Waals surface area contributed by atoms with Crippen molar-refractivity contribution in [2.75, 3.05) is 21.3 Å². The minimum Gasteiger partial charge on any atom is -0.493 e. The van der Waals surface area contributed by atoms with Gasteiger partial charge in [0.2, 0.25) is 11.7 Å². The molecule has 2 heterocycles. The zero-order valence-electron chi connectivity index (χ0n) is 16.5. The highest BCUT2D eigenvalue weighted by Crippen LogP contribution is 2.49. The molecule has 3 aromatic rings. The molecule has 1 saturated carbocycles. The van der Waals surface area contributed by atoms with Gasteiger partial charge in [-0.3, -0.25) is 4.79 Å². The molecule has 0 radical (unpaired) electrons. The molecule has 0 unspecified atom stereocenters. The fraction of sp³-hybridized carbons (Fsp3) is 0.333. The number of thiophene rings is 1. The summed E-state index contributed by atoms with van der Waals surface area (Å²) in [4.78, 5) is 13.9. The van der Waals surface area contributed by atoms with Crippen molar-refractivity contribution in [1.82, 2.24) is 10.5 Å². The molecule has 0 spiro atoms. The van der Waals surface area contributed by atoms with E-state index in [0.29, 0.717) is 35.2 Å². The summed E-state index contributed by atoms with van der Waals surface area (Å²) in [5, 5.41) is 9.17. The average Bonchev–Trinajstić information content (AvgIpc) is 3.16. The van der Waals surface area contributed by atoms with Gasteiger partial charge in [0, 0.05) is 12.6 Å². The second kappa shape index (κ2) is 7.79. The summed E-state index contributed by atoms with van der Waals surface area (Å²) < 4.78 is 21.6. The fourth-order valence-electron chi connectivity index (χ4n) is 3.35. The van der Waals surface area contributed by atoms with Crippen LogP contribution >= 0.6 is 11.3 Å². The second-order valence-electron chi connectivity index (χ2n) is 6.85. The molecule has 0 saturated heterocycles. The van der Waals surface area contributed by atoms with Crippen LogP contribution in [0.4, 0.5) is 0 Å². The first-order valence-electron chi connectivity index (χ1n) is 9.19. The molecule has 2 aromatic heterocycles. The molecule has 1 N–H and O–H groups in total. The molecular weight excluding hydrogens is 392 g/mol. The standard InChI is InChI=1S/C21H22N2O5S/c1-25-15-9-13(10-16(26-2)19(15)27-3)12-22-20(24)21(6-7-21)18-11-14(28-23-18)17-5-4-8-29-17/h4-5,8-11H,6-7,12H2,1-3H3,(H,22,24). The van der Waals surface area contributed by atoms with Crippen LogP contribution < -0.4 is 19.5 Å². The van der Waals surface area contributed by atoms with Gasteiger partial charge in [0.05, 0.1) is 37.3 Å². The molecule has 152 valence electrons. The zero-order chi connectivity index (χ0) is 20.4. The van der Waals surface area contributed by atoms with E-state index < -0.39 is 5.41 Å². The molecule has 7 nitrogen and oxygen atoms in total. The average molecular weight is 414 g/mol. The molecule has 1 fully saturated rings. The van der Waals surface area contributed by atoms with Crippen LogP contribution in [0, 0.1) is 0 Å². The van der Waals surface area contributed by atoms with Gasteiger partial charge in [0.1, 0.15) is 0 Å². The van der Waals surface area contributed by atoms with E-state index in [1.807, 2.05) is 35.7 Å². The number of nitrogens with one attached hydrogen (secondary N) is 1. The lowest BCUT2D eigenvalue weighted by Crippen LogP contribution is -2.34. The number of rotatable bonds is 8. The van der Waals surface area contributed by atoms with Gasteiger partial charge in [-0.1, -0.05) is 11.2 Å². The van der Waals surface area contributed by atoms with Gasteiger partial charge >= 0.3 is 0 Å². The number of hydrogen-bond acceptors (Lipinski definition) is 7. The topological polar surface area (TPSA) is 82.8 Å². The third-order valence-electron chi connectivity index (χ3n) is 5.13. The first-order valence-corrected chi connectivity index (χ1v) is 10.1. The van der Waals surface area contributed by atoms with Crippen molar-refractivity contribution in [2.24, 2.45) is 0 Å². The van der Waals surface area contributed by atoms with Crippen LogP contribution in [-0.4, -0.2) is 32.4 Å². The summed E-state index contributed by atoms with van der Waals surface area (Å²) in [5.41, 5.74) is 0.922. The van der Waals surface area contributed by atoms with Crippen LogP contribution in [-0.2, 0) is 16.8 Å². The van der Waals surface area contributed by atoms with E-state index in [1.54, 1.807) is 32.7 Å². The maximum atomic E-state index is 13.0. The first kappa shape index (κ1) is 19.3. The van der Waals surface area contributed by atoms with Gasteiger partial charge in [0.25, 0.3) is 0 Å². The molecule has 1 amide bonds. The Balaban J connectivity index is 1.49. The largest absolute Gasteiger partial charge is 0.493 e. The van der Waals surface area contributed by atoms with E-state index in [0.717, 1.165) is 23.3 Å². The van der Waals surface area contributed by atoms with E-state index in [-0.39, 0.29) is 5.91 Å². The second-order valence-corrected chi connectivity index (χ2v) is 7.80. The van der Waals surface area contributed by atoms with Crippen LogP contribution in [0.3, 0.4) is 0 Å². The van der Waals surface area contributed by atoms with Gasteiger partial charge in [0.15, 0.2) is 17.3 Å². The van der Waals surface area contributed by atoms with E-state index in [2.05, 4.69) is 10.5 Å². The van der Waals surface area contributed by atoms with Crippen molar-refractivity contribution < 1.29 is 23.5 Å². The maximum Gasteiger partial charge on any atom is 0.232 e. The Bertz CT molecular complexity index is 983. The Labute approximate surface area is 172 Å². The summed E-state index contributed by atoms with van der Waals surface area (Å²) in [6.45, 7) is 0.340. The normalized spacial score (nSPS) is 14.3. The SMILES string of the molecule is COc1cc(CNC(=O)C2(c3cc(-c4cccs4)on3)CC2)cc(OC)c1OC. The highest BCUT2D eigenvalue weighted by Gasteiger charge is 2.53. The molecule has 4 rings (SSSR count). The van der Waals surface area contributed by atoms with E-state index in [9.17, 15) is 4.79 Å². The van der Waals surface area contributed by atoms with Crippen LogP contribution in [0.1, 0.15) is 24.1 Å². The number of ether oxygens (including phenoxy) is 3. The summed E-state index contributed by atoms with van der Waals surface area (Å²) in [5.74, 6) is 2.26. The van der Waals surface area contributed by atoms with Crippen molar-refractivity contribution in [3.05, 3.63) is 47.0 Å². The van der Waals surface area contributed by atoms with Gasteiger partial charge < -0.3 is 24.1 Å². The lowest BCUT2D eigenvalue weighted by atomic mass is 10.0. The van der Waals surface area contributed by atoms with Crippen molar-refractivity contribution in [2.45, 2.75) is 24.8 Å². The third kappa shape index (κ3) is 3.55. The van der Waals surface area contributed by atoms with Crippen molar-refractivity contribution >= 4 is 17.2 Å². The molecule has 0 bridgehead atoms. The van der Waals surface area contributed by atoms with Gasteiger partial charge in [-0.05, 0) is 42.0 Å². The minimum absolute atomic E-state index is 0.0581. The van der Waals surface area contributed by atoms with Gasteiger partial charge in [-0.2, -0.15) is 0 Å². The number of carbonyl (C=O) groups excluding carboxylic acids is 1. The van der Waals surface area contributed by atoms with E-state index >= 15 is 0 Å². The summed E-state index contributed by atoms with van der Waals surface area (Å²) >= 11 is 1.58. The smallest absolute Gasteiger partial charge is 0.232 e. The molecule has 1 aliphatic rings. The minimum atomic E-state index is -0.611. The fourth-order valence-corrected chi connectivity index (χ4v) is 4.02. The summed E-state index contributed by atoms with van der Waals surface area (Å²) in [6, 6.07) is 9.45. The maximum absolute atomic E-state index is 13.0. The predicted octanol–water partition coefficient (Wildman–Crippen LogP) is 3.78. The number of benzene rings is 1. The van der Waals surface area contributed by atoms with Crippen molar-refractivity contribution in [3.8, 4) is 27.9 Å². The molecule has 0 atom stereocenters. The molecule has 1 aromatic carbocycles. The lowest BCUT2D eigenvalue weighted by molar-refractivity contribution is -0.123. The van der Waals surface area contributed by atoms with Crippen molar-refractivity contribution in [1.29, 1.82) is 0 Å². The Hall–Kier alpha value is -3.00. The van der Waals surface area contributed by atoms with E-state index in [4.69, 9.17) is 18.7 Å². The van der Waals surface area contributed by atoms with Crippen LogP contribution in [0.5, 0.6) is 17.2 Å². The first-order chi connectivity index (χ1) is 14.1. The summed E-state index contributed by atoms with van der Waals surface area (Å²) in [7, 11) is 4.68. The number of aromatic nitrogens is 1. The highest BCUT2D eigenvalue weighted by atomic mass is 32.1. The molecular formula is C21H22N2O5S. The Morgan fingerprint density at radius 2 is 1.90 bits per heavy atom. The Morgan fingerprint density at radius 1 is 1.17 bits per heavy atom. The number of methoxy groups -OCH3 is 3. The lowest BCUT2D eigenvalue weighted by Gasteiger charge is -2.16. The molecule has 29 heavy (non-hydrogen) atoms. The Morgan fingerprint density at radius 3 is 2.45 bits per heavy atom. The van der Waals surface area contributed by atoms with Crippen LogP contribution in [0.2, 0.25) is 0 Å². The molecule has 0 aliphatic heterocycles. The third-order valence-corrected chi connectivity index (χ3v) is 6.01. The summed E-state index contributed by atoms with van der Waals surface area (Å²) in [6.07, 6.45) is 1.51.